The molecule has 2 aromatic heterocycles. The summed E-state index contributed by atoms with van der Waals surface area (Å²) in [4.78, 5) is 22.2. The number of carbonyl (C=O) groups is 1. The first kappa shape index (κ1) is 15.9. The van der Waals surface area contributed by atoms with E-state index in [2.05, 4.69) is 43.5 Å². The molecule has 7 heteroatoms. The highest BCUT2D eigenvalue weighted by Gasteiger charge is 2.17. The minimum absolute atomic E-state index is 0.133. The van der Waals surface area contributed by atoms with Crippen LogP contribution in [0.2, 0.25) is 0 Å². The molecule has 1 amide bonds. The molecule has 0 saturated carbocycles. The van der Waals surface area contributed by atoms with Gasteiger partial charge in [-0.2, -0.15) is 0 Å². The highest BCUT2D eigenvalue weighted by molar-refractivity contribution is 9.10. The molecule has 1 atom stereocenters. The van der Waals surface area contributed by atoms with E-state index in [0.29, 0.717) is 11.4 Å². The number of aryl methyl sites for hydroxylation is 1. The molecule has 0 aliphatic rings. The maximum absolute atomic E-state index is 12.4. The van der Waals surface area contributed by atoms with Gasteiger partial charge in [-0.25, -0.2) is 9.97 Å². The molecule has 0 spiro atoms. The predicted molar refractivity (Wildman–Crippen MR) is 88.9 cm³/mol. The second-order valence-corrected chi connectivity index (χ2v) is 6.58. The normalized spacial score (nSPS) is 12.0. The van der Waals surface area contributed by atoms with Gasteiger partial charge in [0, 0.05) is 28.8 Å². The van der Waals surface area contributed by atoms with Crippen molar-refractivity contribution in [3.8, 4) is 0 Å². The molecule has 0 saturated heterocycles. The number of carbonyl (C=O) groups excluding carboxylic acids is 1. The Balaban J connectivity index is 2.15. The number of rotatable bonds is 5. The van der Waals surface area contributed by atoms with E-state index >= 15 is 0 Å². The third kappa shape index (κ3) is 3.79. The smallest absolute Gasteiger partial charge is 0.255 e. The van der Waals surface area contributed by atoms with Gasteiger partial charge in [0.15, 0.2) is 0 Å². The molecule has 21 heavy (non-hydrogen) atoms. The Bertz CT molecular complexity index is 644. The van der Waals surface area contributed by atoms with E-state index < -0.39 is 0 Å². The van der Waals surface area contributed by atoms with Crippen LogP contribution in [0, 0.1) is 0 Å². The summed E-state index contributed by atoms with van der Waals surface area (Å²) in [6.07, 6.45) is 4.47. The first-order valence-electron chi connectivity index (χ1n) is 6.64. The third-order valence-corrected chi connectivity index (χ3v) is 4.73. The number of nitrogens with one attached hydrogen (secondary N) is 2. The van der Waals surface area contributed by atoms with Gasteiger partial charge < -0.3 is 10.6 Å². The lowest BCUT2D eigenvalue weighted by atomic mass is 10.2. The van der Waals surface area contributed by atoms with Gasteiger partial charge in [0.05, 0.1) is 11.6 Å². The summed E-state index contributed by atoms with van der Waals surface area (Å²) in [5.74, 6) is 0.380. The quantitative estimate of drug-likeness (QED) is 0.848. The summed E-state index contributed by atoms with van der Waals surface area (Å²) in [5, 5.41) is 6.80. The zero-order valence-electron chi connectivity index (χ0n) is 12.1. The van der Waals surface area contributed by atoms with Crippen LogP contribution in [0.15, 0.2) is 22.9 Å². The van der Waals surface area contributed by atoms with Crippen molar-refractivity contribution in [2.24, 2.45) is 0 Å². The lowest BCUT2D eigenvalue weighted by Crippen LogP contribution is -2.27. The van der Waals surface area contributed by atoms with Crippen molar-refractivity contribution in [3.05, 3.63) is 38.4 Å². The standard InChI is InChI=1S/C14H17BrN4OS/c1-4-10-7-18-14(21-10)8(2)19-13(20)11-5-9(15)6-17-12(11)16-3/h5-8H,4H2,1-3H3,(H,16,17)(H,19,20). The molecule has 2 aromatic rings. The van der Waals surface area contributed by atoms with Gasteiger partial charge in [-0.3, -0.25) is 4.79 Å². The number of amides is 1. The summed E-state index contributed by atoms with van der Waals surface area (Å²) in [5.41, 5.74) is 0.506. The Morgan fingerprint density at radius 1 is 1.43 bits per heavy atom. The fraction of sp³-hybridized carbons (Fsp3) is 0.357. The molecule has 0 aromatic carbocycles. The molecule has 5 nitrogen and oxygen atoms in total. The molecular weight excluding hydrogens is 352 g/mol. The van der Waals surface area contributed by atoms with E-state index in [1.807, 2.05) is 13.1 Å². The molecule has 2 heterocycles. The van der Waals surface area contributed by atoms with Crippen LogP contribution in [-0.4, -0.2) is 22.9 Å². The van der Waals surface area contributed by atoms with Crippen molar-refractivity contribution < 1.29 is 4.79 Å². The largest absolute Gasteiger partial charge is 0.372 e. The average Bonchev–Trinajstić information content (AvgIpc) is 2.96. The van der Waals surface area contributed by atoms with Crippen molar-refractivity contribution in [3.63, 3.8) is 0 Å². The third-order valence-electron chi connectivity index (χ3n) is 2.97. The molecule has 0 aliphatic carbocycles. The molecule has 2 N–H and O–H groups in total. The van der Waals surface area contributed by atoms with Crippen LogP contribution in [0.4, 0.5) is 5.82 Å². The van der Waals surface area contributed by atoms with Crippen LogP contribution in [0.25, 0.3) is 0 Å². The van der Waals surface area contributed by atoms with E-state index in [1.54, 1.807) is 30.6 Å². The molecule has 0 aliphatic heterocycles. The highest BCUT2D eigenvalue weighted by Crippen LogP contribution is 2.22. The van der Waals surface area contributed by atoms with Gasteiger partial charge in [-0.05, 0) is 35.3 Å². The summed E-state index contributed by atoms with van der Waals surface area (Å²) >= 11 is 4.96. The number of aromatic nitrogens is 2. The number of thiazole rings is 1. The number of pyridine rings is 1. The first-order valence-corrected chi connectivity index (χ1v) is 8.24. The highest BCUT2D eigenvalue weighted by atomic mass is 79.9. The summed E-state index contributed by atoms with van der Waals surface area (Å²) < 4.78 is 0.766. The number of hydrogen-bond acceptors (Lipinski definition) is 5. The van der Waals surface area contributed by atoms with Crippen molar-refractivity contribution in [2.75, 3.05) is 12.4 Å². The van der Waals surface area contributed by atoms with Crippen LogP contribution in [0.3, 0.4) is 0 Å². The van der Waals surface area contributed by atoms with E-state index in [0.717, 1.165) is 15.9 Å². The number of nitrogens with zero attached hydrogens (tertiary/aromatic N) is 2. The maximum atomic E-state index is 12.4. The molecular formula is C14H17BrN4OS. The van der Waals surface area contributed by atoms with E-state index in [-0.39, 0.29) is 11.9 Å². The van der Waals surface area contributed by atoms with E-state index in [4.69, 9.17) is 0 Å². The topological polar surface area (TPSA) is 66.9 Å². The van der Waals surface area contributed by atoms with Gasteiger partial charge >= 0.3 is 0 Å². The Kier molecular flexibility index (Phi) is 5.30. The zero-order chi connectivity index (χ0) is 15.4. The van der Waals surface area contributed by atoms with Crippen molar-refractivity contribution in [1.82, 2.24) is 15.3 Å². The predicted octanol–water partition coefficient (Wildman–Crippen LogP) is 3.40. The van der Waals surface area contributed by atoms with E-state index in [9.17, 15) is 4.79 Å². The molecule has 2 rings (SSSR count). The fourth-order valence-electron chi connectivity index (χ4n) is 1.83. The lowest BCUT2D eigenvalue weighted by molar-refractivity contribution is 0.0940. The number of hydrogen-bond donors (Lipinski definition) is 2. The molecule has 0 bridgehead atoms. The first-order chi connectivity index (χ1) is 10.0. The second kappa shape index (κ2) is 7.00. The van der Waals surface area contributed by atoms with Gasteiger partial charge in [0.2, 0.25) is 0 Å². The Morgan fingerprint density at radius 3 is 2.81 bits per heavy atom. The Hall–Kier alpha value is -1.47. The average molecular weight is 369 g/mol. The summed E-state index contributed by atoms with van der Waals surface area (Å²) in [6, 6.07) is 1.62. The van der Waals surface area contributed by atoms with Gasteiger partial charge in [-0.1, -0.05) is 6.92 Å². The minimum atomic E-state index is -0.172. The second-order valence-electron chi connectivity index (χ2n) is 4.51. The van der Waals surface area contributed by atoms with Gasteiger partial charge in [0.25, 0.3) is 5.91 Å². The Morgan fingerprint density at radius 2 is 2.19 bits per heavy atom. The van der Waals surface area contributed by atoms with Crippen molar-refractivity contribution in [2.45, 2.75) is 26.3 Å². The van der Waals surface area contributed by atoms with Crippen LogP contribution < -0.4 is 10.6 Å². The number of halogens is 1. The van der Waals surface area contributed by atoms with Crippen LogP contribution >= 0.6 is 27.3 Å². The minimum Gasteiger partial charge on any atom is -0.372 e. The van der Waals surface area contributed by atoms with Gasteiger partial charge in [-0.15, -0.1) is 11.3 Å². The summed E-state index contributed by atoms with van der Waals surface area (Å²) in [7, 11) is 1.74. The maximum Gasteiger partial charge on any atom is 0.255 e. The van der Waals surface area contributed by atoms with Crippen molar-refractivity contribution in [1.29, 1.82) is 0 Å². The molecule has 0 fully saturated rings. The van der Waals surface area contributed by atoms with Crippen molar-refractivity contribution >= 4 is 39.0 Å². The lowest BCUT2D eigenvalue weighted by Gasteiger charge is -2.13. The SMILES string of the molecule is CCc1cnc(C(C)NC(=O)c2cc(Br)cnc2NC)s1. The summed E-state index contributed by atoms with van der Waals surface area (Å²) in [6.45, 7) is 4.02. The molecule has 1 unspecified atom stereocenters. The van der Waals surface area contributed by atoms with Crippen LogP contribution in [0.1, 0.15) is 40.1 Å². The molecule has 112 valence electrons. The number of anilines is 1. The Labute approximate surface area is 136 Å². The van der Waals surface area contributed by atoms with Crippen LogP contribution in [0.5, 0.6) is 0 Å². The fourth-order valence-corrected chi connectivity index (χ4v) is 3.02. The zero-order valence-corrected chi connectivity index (χ0v) is 14.5. The van der Waals surface area contributed by atoms with E-state index in [1.165, 1.54) is 4.88 Å². The molecule has 0 radical (unpaired) electrons. The monoisotopic (exact) mass is 368 g/mol. The van der Waals surface area contributed by atoms with Gasteiger partial charge in [0.1, 0.15) is 10.8 Å². The van der Waals surface area contributed by atoms with Crippen LogP contribution in [-0.2, 0) is 6.42 Å².